The highest BCUT2D eigenvalue weighted by Gasteiger charge is 2.24. The van der Waals surface area contributed by atoms with E-state index >= 15 is 0 Å². The van der Waals surface area contributed by atoms with Crippen molar-refractivity contribution in [2.45, 2.75) is 41.5 Å². The number of allylic oxidation sites excluding steroid dienone is 2. The van der Waals surface area contributed by atoms with Gasteiger partial charge in [-0.25, -0.2) is 0 Å². The van der Waals surface area contributed by atoms with Crippen molar-refractivity contribution < 1.29 is 9.90 Å². The van der Waals surface area contributed by atoms with Gasteiger partial charge < -0.3 is 5.11 Å². The van der Waals surface area contributed by atoms with Crippen LogP contribution in [0.5, 0.6) is 0 Å². The molecule has 13 heavy (non-hydrogen) atoms. The van der Waals surface area contributed by atoms with Crippen LogP contribution in [0.2, 0.25) is 0 Å². The Bertz CT molecular complexity index is 223. The molecule has 0 saturated carbocycles. The van der Waals surface area contributed by atoms with Gasteiger partial charge in [0.05, 0.1) is 6.08 Å². The Morgan fingerprint density at radius 1 is 1.00 bits per heavy atom. The zero-order valence-electron chi connectivity index (χ0n) is 9.36. The van der Waals surface area contributed by atoms with E-state index in [0.717, 1.165) is 0 Å². The average molecular weight is 183 g/mol. The van der Waals surface area contributed by atoms with Crippen LogP contribution in [-0.4, -0.2) is 10.9 Å². The van der Waals surface area contributed by atoms with Gasteiger partial charge in [-0.05, 0) is 0 Å². The predicted octanol–water partition coefficient (Wildman–Crippen LogP) is 2.89. The van der Waals surface area contributed by atoms with Crippen molar-refractivity contribution in [3.63, 3.8) is 0 Å². The summed E-state index contributed by atoms with van der Waals surface area (Å²) in [6.07, 6.45) is 2.49. The maximum absolute atomic E-state index is 11.4. The van der Waals surface area contributed by atoms with Crippen molar-refractivity contribution in [3.05, 3.63) is 11.8 Å². The van der Waals surface area contributed by atoms with Crippen molar-refractivity contribution in [2.75, 3.05) is 0 Å². The number of Topliss-reactive ketones (excluding diaryl/α,β-unsaturated/α-hetero) is 1. The molecule has 0 fully saturated rings. The average Bonchev–Trinajstić information content (AvgIpc) is 1.82. The fourth-order valence-corrected chi connectivity index (χ4v) is 0.483. The zero-order chi connectivity index (χ0) is 10.9. The molecule has 0 heterocycles. The van der Waals surface area contributed by atoms with E-state index in [9.17, 15) is 9.90 Å². The van der Waals surface area contributed by atoms with Crippen LogP contribution in [0.25, 0.3) is 0 Å². The molecule has 0 bridgehead atoms. The molecule has 2 nitrogen and oxygen atoms in total. The molecule has 0 aliphatic heterocycles. The number of carbonyl (C=O) groups is 1. The maximum Gasteiger partial charge on any atom is 0.172 e. The number of ketones is 1. The zero-order valence-corrected chi connectivity index (χ0v) is 9.36. The summed E-state index contributed by atoms with van der Waals surface area (Å²) in [7, 11) is 0. The fourth-order valence-electron chi connectivity index (χ4n) is 0.483. The highest BCUT2D eigenvalue weighted by molar-refractivity contribution is 5.90. The van der Waals surface area contributed by atoms with E-state index in [-0.39, 0.29) is 11.5 Å². The van der Waals surface area contributed by atoms with E-state index in [2.05, 4.69) is 6.08 Å². The molecule has 0 aliphatic carbocycles. The molecule has 0 unspecified atom stereocenters. The Balaban J connectivity index is 4.70. The highest BCUT2D eigenvalue weighted by Crippen LogP contribution is 2.24. The molecule has 0 aromatic rings. The van der Waals surface area contributed by atoms with Gasteiger partial charge in [-0.15, -0.1) is 0 Å². The predicted molar refractivity (Wildman–Crippen MR) is 53.3 cm³/mol. The third kappa shape index (κ3) is 4.11. The minimum absolute atomic E-state index is 0.0208. The normalized spacial score (nSPS) is 14.5. The summed E-state index contributed by atoms with van der Waals surface area (Å²) in [6, 6.07) is 0. The Kier molecular flexibility index (Phi) is 3.31. The van der Waals surface area contributed by atoms with Crippen molar-refractivity contribution in [2.24, 2.45) is 10.8 Å². The Labute approximate surface area is 80.7 Å². The summed E-state index contributed by atoms with van der Waals surface area (Å²) in [5.74, 6) is -0.146. The van der Waals surface area contributed by atoms with Gasteiger partial charge in [0.15, 0.2) is 5.78 Å². The molecule has 1 N–H and O–H groups in total. The van der Waals surface area contributed by atoms with Gasteiger partial charge in [-0.1, -0.05) is 41.5 Å². The van der Waals surface area contributed by atoms with Gasteiger partial charge in [-0.3, -0.25) is 4.79 Å². The molecule has 0 atom stereocenters. The van der Waals surface area contributed by atoms with Crippen molar-refractivity contribution >= 4 is 5.78 Å². The second-order valence-electron chi connectivity index (χ2n) is 5.30. The largest absolute Gasteiger partial charge is 0.511 e. The highest BCUT2D eigenvalue weighted by atomic mass is 16.3. The smallest absolute Gasteiger partial charge is 0.172 e. The Hall–Kier alpha value is -0.790. The third-order valence-electron chi connectivity index (χ3n) is 1.62. The van der Waals surface area contributed by atoms with Gasteiger partial charge >= 0.3 is 0 Å². The molecule has 0 spiro atoms. The van der Waals surface area contributed by atoms with Gasteiger partial charge in [0.25, 0.3) is 0 Å². The van der Waals surface area contributed by atoms with Crippen LogP contribution in [0.3, 0.4) is 0 Å². The van der Waals surface area contributed by atoms with E-state index < -0.39 is 10.8 Å². The lowest BCUT2D eigenvalue weighted by atomic mass is 9.87. The van der Waals surface area contributed by atoms with Gasteiger partial charge in [0.1, 0.15) is 5.76 Å². The van der Waals surface area contributed by atoms with Gasteiger partial charge in [-0.2, -0.15) is 0 Å². The number of rotatable bonds is 1. The monoisotopic (exact) mass is 183 g/mol. The van der Waals surface area contributed by atoms with Crippen LogP contribution < -0.4 is 0 Å². The number of aliphatic hydroxyl groups excluding tert-OH is 1. The van der Waals surface area contributed by atoms with Crippen molar-refractivity contribution in [1.29, 1.82) is 0 Å². The van der Waals surface area contributed by atoms with E-state index in [1.807, 2.05) is 20.8 Å². The van der Waals surface area contributed by atoms with Crippen LogP contribution >= 0.6 is 0 Å². The molecule has 0 saturated heterocycles. The molecule has 1 radical (unpaired) electrons. The fraction of sp³-hybridized carbons (Fsp3) is 0.727. The van der Waals surface area contributed by atoms with E-state index in [0.29, 0.717) is 0 Å². The third-order valence-corrected chi connectivity index (χ3v) is 1.62. The van der Waals surface area contributed by atoms with Crippen LogP contribution in [0.4, 0.5) is 0 Å². The lowest BCUT2D eigenvalue weighted by molar-refractivity contribution is -0.122. The number of hydrogen-bond acceptors (Lipinski definition) is 2. The van der Waals surface area contributed by atoms with Crippen LogP contribution in [0.1, 0.15) is 41.5 Å². The first-order valence-corrected chi connectivity index (χ1v) is 4.43. The molecule has 0 rings (SSSR count). The summed E-state index contributed by atoms with van der Waals surface area (Å²) >= 11 is 0. The van der Waals surface area contributed by atoms with Crippen LogP contribution in [-0.2, 0) is 4.79 Å². The van der Waals surface area contributed by atoms with E-state index in [1.165, 1.54) is 0 Å². The van der Waals surface area contributed by atoms with E-state index in [4.69, 9.17) is 0 Å². The first-order valence-electron chi connectivity index (χ1n) is 4.43. The molecule has 0 aromatic carbocycles. The lowest BCUT2D eigenvalue weighted by Gasteiger charge is -2.19. The summed E-state index contributed by atoms with van der Waals surface area (Å²) in [4.78, 5) is 11.4. The van der Waals surface area contributed by atoms with Crippen molar-refractivity contribution in [1.82, 2.24) is 0 Å². The first kappa shape index (κ1) is 12.2. The topological polar surface area (TPSA) is 37.3 Å². The quantitative estimate of drug-likeness (QED) is 0.501. The summed E-state index contributed by atoms with van der Waals surface area (Å²) < 4.78 is 0. The van der Waals surface area contributed by atoms with Crippen LogP contribution in [0, 0.1) is 16.9 Å². The molecule has 0 aromatic heterocycles. The van der Waals surface area contributed by atoms with Crippen molar-refractivity contribution in [3.8, 4) is 0 Å². The standard InChI is InChI=1S/C11H19O2/c1-10(2,3)8(12)7-9(13)11(4,5)6/h12H,1-6H3. The minimum Gasteiger partial charge on any atom is -0.511 e. The molecule has 2 heteroatoms. The Morgan fingerprint density at radius 3 is 1.62 bits per heavy atom. The summed E-state index contributed by atoms with van der Waals surface area (Å²) in [6.45, 7) is 10.9. The first-order chi connectivity index (χ1) is 5.55. The second kappa shape index (κ2) is 3.52. The maximum atomic E-state index is 11.4. The number of carbonyl (C=O) groups excluding carboxylic acids is 1. The lowest BCUT2D eigenvalue weighted by Crippen LogP contribution is -2.21. The summed E-state index contributed by atoms with van der Waals surface area (Å²) in [5, 5.41) is 9.50. The van der Waals surface area contributed by atoms with E-state index in [1.54, 1.807) is 20.8 Å². The second-order valence-corrected chi connectivity index (χ2v) is 5.30. The number of hydrogen-bond donors (Lipinski definition) is 1. The number of aliphatic hydroxyl groups is 1. The van der Waals surface area contributed by atoms with Crippen LogP contribution in [0.15, 0.2) is 5.76 Å². The summed E-state index contributed by atoms with van der Waals surface area (Å²) in [5.41, 5.74) is -0.875. The Morgan fingerprint density at radius 2 is 1.38 bits per heavy atom. The van der Waals surface area contributed by atoms with Gasteiger partial charge in [0.2, 0.25) is 0 Å². The SMILES string of the molecule is CC(C)(C)C(=O)[C]=C(O)C(C)(C)C. The molecule has 75 valence electrons. The minimum atomic E-state index is -0.473. The van der Waals surface area contributed by atoms with Gasteiger partial charge in [0, 0.05) is 10.8 Å². The molecule has 0 amide bonds. The molecular weight excluding hydrogens is 164 g/mol. The molecular formula is C11H19O2. The molecule has 0 aliphatic rings.